The van der Waals surface area contributed by atoms with Crippen molar-refractivity contribution in [2.24, 2.45) is 0 Å². The first-order valence-electron chi connectivity index (χ1n) is 6.47. The lowest BCUT2D eigenvalue weighted by atomic mass is 10.2. The summed E-state index contributed by atoms with van der Waals surface area (Å²) in [7, 11) is 0. The maximum atomic E-state index is 8.64. The van der Waals surface area contributed by atoms with E-state index in [1.54, 1.807) is 0 Å². The fourth-order valence-electron chi connectivity index (χ4n) is 1.89. The molecule has 0 fully saturated rings. The van der Waals surface area contributed by atoms with Crippen LogP contribution in [0.3, 0.4) is 0 Å². The van der Waals surface area contributed by atoms with Crippen molar-refractivity contribution in [3.63, 3.8) is 0 Å². The lowest BCUT2D eigenvalue weighted by Crippen LogP contribution is -1.96. The van der Waals surface area contributed by atoms with Gasteiger partial charge in [0.05, 0.1) is 6.61 Å². The molecule has 0 unspecified atom stereocenters. The highest BCUT2D eigenvalue weighted by Crippen LogP contribution is 2.32. The summed E-state index contributed by atoms with van der Waals surface area (Å²) in [6.45, 7) is 1.97. The average Bonchev–Trinajstić information content (AvgIpc) is 2.85. The Labute approximate surface area is 107 Å². The van der Waals surface area contributed by atoms with Gasteiger partial charge in [-0.3, -0.25) is 0 Å². The number of unbranched alkanes of at least 4 members (excludes halogenated alkanes) is 3. The van der Waals surface area contributed by atoms with E-state index in [9.17, 15) is 0 Å². The fraction of sp³-hybridized carbons (Fsp3) is 0.571. The summed E-state index contributed by atoms with van der Waals surface area (Å²) in [5.41, 5.74) is 1.11. The number of benzene rings is 1. The van der Waals surface area contributed by atoms with Gasteiger partial charge >= 0.3 is 0 Å². The normalized spacial score (nSPS) is 12.9. The van der Waals surface area contributed by atoms with Crippen LogP contribution < -0.4 is 9.47 Å². The van der Waals surface area contributed by atoms with Crippen LogP contribution in [0, 0.1) is 0 Å². The molecule has 1 N–H and O–H groups in total. The summed E-state index contributed by atoms with van der Waals surface area (Å²) >= 11 is 0. The third kappa shape index (κ3) is 3.89. The first-order valence-corrected chi connectivity index (χ1v) is 6.47. The summed E-state index contributed by atoms with van der Waals surface area (Å²) < 4.78 is 16.2. The van der Waals surface area contributed by atoms with Crippen molar-refractivity contribution in [3.8, 4) is 11.5 Å². The Hall–Kier alpha value is -1.26. The van der Waals surface area contributed by atoms with E-state index in [4.69, 9.17) is 19.3 Å². The van der Waals surface area contributed by atoms with Gasteiger partial charge in [0.1, 0.15) is 0 Å². The molecule has 0 atom stereocenters. The van der Waals surface area contributed by atoms with E-state index in [0.29, 0.717) is 13.4 Å². The Morgan fingerprint density at radius 2 is 1.89 bits per heavy atom. The maximum absolute atomic E-state index is 8.64. The molecule has 0 spiro atoms. The fourth-order valence-corrected chi connectivity index (χ4v) is 1.89. The molecule has 100 valence electrons. The first-order chi connectivity index (χ1) is 8.90. The topological polar surface area (TPSA) is 47.9 Å². The molecule has 0 radical (unpaired) electrons. The van der Waals surface area contributed by atoms with Gasteiger partial charge in [-0.05, 0) is 30.5 Å². The highest BCUT2D eigenvalue weighted by atomic mass is 16.7. The molecule has 18 heavy (non-hydrogen) atoms. The van der Waals surface area contributed by atoms with Gasteiger partial charge in [0, 0.05) is 13.2 Å². The van der Waals surface area contributed by atoms with E-state index >= 15 is 0 Å². The highest BCUT2D eigenvalue weighted by Gasteiger charge is 2.12. The van der Waals surface area contributed by atoms with Crippen LogP contribution in [0.15, 0.2) is 18.2 Å². The van der Waals surface area contributed by atoms with Crippen molar-refractivity contribution in [3.05, 3.63) is 23.8 Å². The molecule has 0 bridgehead atoms. The smallest absolute Gasteiger partial charge is 0.231 e. The van der Waals surface area contributed by atoms with Crippen LogP contribution >= 0.6 is 0 Å². The second-order valence-corrected chi connectivity index (χ2v) is 4.38. The summed E-state index contributed by atoms with van der Waals surface area (Å²) in [4.78, 5) is 0. The number of fused-ring (bicyclic) bond motifs is 1. The Kier molecular flexibility index (Phi) is 5.30. The van der Waals surface area contributed by atoms with Gasteiger partial charge in [-0.1, -0.05) is 18.9 Å². The molecule has 1 aliphatic rings. The van der Waals surface area contributed by atoms with Crippen LogP contribution in [-0.4, -0.2) is 25.1 Å². The average molecular weight is 252 g/mol. The van der Waals surface area contributed by atoms with Crippen LogP contribution in [0.2, 0.25) is 0 Å². The minimum Gasteiger partial charge on any atom is -0.454 e. The molecule has 0 amide bonds. The first kappa shape index (κ1) is 13.2. The van der Waals surface area contributed by atoms with E-state index in [1.807, 2.05) is 18.2 Å². The lowest BCUT2D eigenvalue weighted by Gasteiger charge is -2.05. The van der Waals surface area contributed by atoms with Crippen molar-refractivity contribution < 1.29 is 19.3 Å². The molecule has 2 rings (SSSR count). The van der Waals surface area contributed by atoms with E-state index < -0.39 is 0 Å². The zero-order valence-electron chi connectivity index (χ0n) is 10.6. The van der Waals surface area contributed by atoms with Crippen molar-refractivity contribution in [1.29, 1.82) is 0 Å². The summed E-state index contributed by atoms with van der Waals surface area (Å²) in [6.07, 6.45) is 4.12. The Bertz CT molecular complexity index is 365. The lowest BCUT2D eigenvalue weighted by molar-refractivity contribution is 0.116. The number of hydrogen-bond donors (Lipinski definition) is 1. The van der Waals surface area contributed by atoms with Crippen LogP contribution in [-0.2, 0) is 11.3 Å². The molecule has 4 heteroatoms. The van der Waals surface area contributed by atoms with Gasteiger partial charge in [0.2, 0.25) is 6.79 Å². The molecular formula is C14H20O4. The third-order valence-electron chi connectivity index (χ3n) is 2.90. The number of hydrogen-bond acceptors (Lipinski definition) is 4. The van der Waals surface area contributed by atoms with E-state index in [2.05, 4.69) is 0 Å². The minimum atomic E-state index is 0.290. The standard InChI is InChI=1S/C14H20O4/c15-7-3-1-2-4-8-16-10-12-5-6-13-14(9-12)18-11-17-13/h5-6,9,15H,1-4,7-8,10-11H2. The molecule has 0 saturated heterocycles. The molecule has 1 aromatic rings. The Morgan fingerprint density at radius 3 is 2.78 bits per heavy atom. The van der Waals surface area contributed by atoms with E-state index in [1.165, 1.54) is 0 Å². The van der Waals surface area contributed by atoms with Gasteiger partial charge in [0.15, 0.2) is 11.5 Å². The van der Waals surface area contributed by atoms with E-state index in [0.717, 1.165) is 49.4 Å². The molecule has 1 aliphatic heterocycles. The van der Waals surface area contributed by atoms with Gasteiger partial charge in [-0.15, -0.1) is 0 Å². The minimum absolute atomic E-state index is 0.290. The molecule has 0 aromatic heterocycles. The summed E-state index contributed by atoms with van der Waals surface area (Å²) in [5.74, 6) is 1.61. The molecule has 4 nitrogen and oxygen atoms in total. The van der Waals surface area contributed by atoms with E-state index in [-0.39, 0.29) is 6.61 Å². The quantitative estimate of drug-likeness (QED) is 0.722. The Balaban J connectivity index is 1.62. The number of ether oxygens (including phenoxy) is 3. The molecule has 0 saturated carbocycles. The summed E-state index contributed by atoms with van der Waals surface area (Å²) in [5, 5.41) is 8.64. The predicted molar refractivity (Wildman–Crippen MR) is 67.8 cm³/mol. The second kappa shape index (κ2) is 7.24. The van der Waals surface area contributed by atoms with Crippen molar-refractivity contribution in [1.82, 2.24) is 0 Å². The van der Waals surface area contributed by atoms with Crippen molar-refractivity contribution in [2.75, 3.05) is 20.0 Å². The predicted octanol–water partition coefficient (Wildman–Crippen LogP) is 2.48. The van der Waals surface area contributed by atoms with Crippen LogP contribution in [0.4, 0.5) is 0 Å². The van der Waals surface area contributed by atoms with Gasteiger partial charge in [0.25, 0.3) is 0 Å². The highest BCUT2D eigenvalue weighted by molar-refractivity contribution is 5.44. The van der Waals surface area contributed by atoms with Gasteiger partial charge in [-0.2, -0.15) is 0 Å². The molecule has 1 heterocycles. The van der Waals surface area contributed by atoms with Crippen molar-refractivity contribution in [2.45, 2.75) is 32.3 Å². The zero-order chi connectivity index (χ0) is 12.6. The van der Waals surface area contributed by atoms with Crippen molar-refractivity contribution >= 4 is 0 Å². The summed E-state index contributed by atoms with van der Waals surface area (Å²) in [6, 6.07) is 5.88. The SMILES string of the molecule is OCCCCCCOCc1ccc2c(c1)OCO2. The molecule has 1 aromatic carbocycles. The second-order valence-electron chi connectivity index (χ2n) is 4.38. The van der Waals surface area contributed by atoms with Crippen LogP contribution in [0.5, 0.6) is 11.5 Å². The monoisotopic (exact) mass is 252 g/mol. The molecule has 0 aliphatic carbocycles. The third-order valence-corrected chi connectivity index (χ3v) is 2.90. The number of aliphatic hydroxyl groups is 1. The molecular weight excluding hydrogens is 232 g/mol. The largest absolute Gasteiger partial charge is 0.454 e. The number of rotatable bonds is 8. The number of aliphatic hydroxyl groups excluding tert-OH is 1. The van der Waals surface area contributed by atoms with Crippen LogP contribution in [0.1, 0.15) is 31.2 Å². The Morgan fingerprint density at radius 1 is 1.06 bits per heavy atom. The zero-order valence-corrected chi connectivity index (χ0v) is 10.6. The maximum Gasteiger partial charge on any atom is 0.231 e. The van der Waals surface area contributed by atoms with Gasteiger partial charge in [-0.25, -0.2) is 0 Å². The van der Waals surface area contributed by atoms with Gasteiger partial charge < -0.3 is 19.3 Å². The van der Waals surface area contributed by atoms with Crippen LogP contribution in [0.25, 0.3) is 0 Å².